The Morgan fingerprint density at radius 2 is 1.55 bits per heavy atom. The molecule has 1 N–H and O–H groups in total. The van der Waals surface area contributed by atoms with Crippen LogP contribution in [0.1, 0.15) is 59.2 Å². The zero-order chi connectivity index (χ0) is 38.1. The minimum Gasteiger partial charge on any atom is -0.494 e. The summed E-state index contributed by atoms with van der Waals surface area (Å²) in [5.74, 6) is 5.66. The third kappa shape index (κ3) is 8.54. The maximum atomic E-state index is 13.0. The fourth-order valence-corrected chi connectivity index (χ4v) is 6.83. The van der Waals surface area contributed by atoms with E-state index in [1.165, 1.54) is 5.39 Å². The molecule has 3 amide bonds. The van der Waals surface area contributed by atoms with Gasteiger partial charge in [-0.1, -0.05) is 30.6 Å². The van der Waals surface area contributed by atoms with Crippen LogP contribution in [0.15, 0.2) is 85.5 Å². The summed E-state index contributed by atoms with van der Waals surface area (Å²) in [5.41, 5.74) is 5.52. The van der Waals surface area contributed by atoms with Gasteiger partial charge < -0.3 is 28.8 Å². The van der Waals surface area contributed by atoms with Crippen molar-refractivity contribution in [3.63, 3.8) is 0 Å². The number of hydrogen-bond donors (Lipinski definition) is 1. The molecule has 12 nitrogen and oxygen atoms in total. The van der Waals surface area contributed by atoms with Gasteiger partial charge in [0.2, 0.25) is 11.8 Å². The second-order valence-corrected chi connectivity index (χ2v) is 13.5. The highest BCUT2D eigenvalue weighted by molar-refractivity contribution is 6.23. The van der Waals surface area contributed by atoms with E-state index in [1.54, 1.807) is 18.2 Å². The van der Waals surface area contributed by atoms with Gasteiger partial charge in [0.05, 0.1) is 23.3 Å². The third-order valence-electron chi connectivity index (χ3n) is 9.77. The molecule has 2 aliphatic heterocycles. The van der Waals surface area contributed by atoms with Crippen molar-refractivity contribution in [1.29, 1.82) is 0 Å². The number of pyridine rings is 2. The number of fused-ring (bicyclic) bond motifs is 4. The van der Waals surface area contributed by atoms with Gasteiger partial charge in [0, 0.05) is 79.1 Å². The van der Waals surface area contributed by atoms with Crippen LogP contribution < -0.4 is 14.8 Å². The Morgan fingerprint density at radius 1 is 0.782 bits per heavy atom. The number of carbonyl (C=O) groups is 3. The fraction of sp³-hybridized carbons (Fsp3) is 0.326. The van der Waals surface area contributed by atoms with Crippen molar-refractivity contribution in [2.24, 2.45) is 7.05 Å². The summed E-state index contributed by atoms with van der Waals surface area (Å²) in [6.45, 7) is 6.65. The number of rotatable bonds is 16. The largest absolute Gasteiger partial charge is 0.494 e. The number of ether oxygens (including phenoxy) is 4. The van der Waals surface area contributed by atoms with Gasteiger partial charge in [-0.15, -0.1) is 0 Å². The van der Waals surface area contributed by atoms with Crippen molar-refractivity contribution < 1.29 is 33.3 Å². The van der Waals surface area contributed by atoms with E-state index < -0.39 is 17.9 Å². The van der Waals surface area contributed by atoms with E-state index in [1.807, 2.05) is 36.8 Å². The lowest BCUT2D eigenvalue weighted by Crippen LogP contribution is -2.51. The molecule has 5 heterocycles. The van der Waals surface area contributed by atoms with Crippen molar-refractivity contribution in [3.05, 3.63) is 96.6 Å². The Morgan fingerprint density at radius 3 is 2.35 bits per heavy atom. The molecule has 2 aliphatic rings. The summed E-state index contributed by atoms with van der Waals surface area (Å²) in [6.07, 6.45) is 9.79. The van der Waals surface area contributed by atoms with Crippen molar-refractivity contribution >= 4 is 39.5 Å². The quantitative estimate of drug-likeness (QED) is 0.0710. The van der Waals surface area contributed by atoms with Crippen LogP contribution in [0.25, 0.3) is 32.9 Å². The second kappa shape index (κ2) is 17.4. The Balaban J connectivity index is 0.712. The van der Waals surface area contributed by atoms with Gasteiger partial charge >= 0.3 is 0 Å². The van der Waals surface area contributed by atoms with Crippen LogP contribution in [0.5, 0.6) is 11.6 Å². The number of unbranched alkanes of at least 4 members (excludes halogenated alkanes) is 2. The predicted octanol–water partition coefficient (Wildman–Crippen LogP) is 6.23. The number of imide groups is 1. The maximum absolute atomic E-state index is 13.0. The van der Waals surface area contributed by atoms with Crippen LogP contribution >= 0.6 is 0 Å². The molecule has 282 valence electrons. The topological polar surface area (TPSA) is 134 Å². The lowest BCUT2D eigenvalue weighted by atomic mass is 10.0. The number of nitrogens with zero attached hydrogens (tertiary/aromatic N) is 4. The Bertz CT molecular complexity index is 2290. The van der Waals surface area contributed by atoms with Crippen LogP contribution in [-0.2, 0) is 21.3 Å². The number of carbonyl (C=O) groups excluding carboxylic acids is 3. The van der Waals surface area contributed by atoms with E-state index in [0.717, 1.165) is 58.1 Å². The van der Waals surface area contributed by atoms with E-state index in [2.05, 4.69) is 63.5 Å². The lowest BCUT2D eigenvalue weighted by Gasteiger charge is -2.29. The highest BCUT2D eigenvalue weighted by atomic mass is 16.5. The molecule has 0 bridgehead atoms. The summed E-state index contributed by atoms with van der Waals surface area (Å²) in [6, 6.07) is 16.3. The van der Waals surface area contributed by atoms with E-state index >= 15 is 0 Å². The molecule has 5 aromatic rings. The molecular formula is C43H43N5O7. The minimum atomic E-state index is -0.835. The van der Waals surface area contributed by atoms with Gasteiger partial charge in [-0.25, -0.2) is 4.98 Å². The molecule has 12 heteroatoms. The van der Waals surface area contributed by atoms with E-state index in [4.69, 9.17) is 18.9 Å². The van der Waals surface area contributed by atoms with Gasteiger partial charge in [0.15, 0.2) is 6.61 Å². The smallest absolute Gasteiger partial charge is 0.262 e. The lowest BCUT2D eigenvalue weighted by molar-refractivity contribution is -0.125. The van der Waals surface area contributed by atoms with Crippen molar-refractivity contribution in [2.45, 2.75) is 44.6 Å². The van der Waals surface area contributed by atoms with E-state index in [0.29, 0.717) is 63.2 Å². The van der Waals surface area contributed by atoms with Crippen LogP contribution in [-0.4, -0.2) is 82.8 Å². The van der Waals surface area contributed by atoms with Gasteiger partial charge in [-0.3, -0.25) is 24.3 Å². The highest BCUT2D eigenvalue weighted by Crippen LogP contribution is 2.32. The molecule has 1 fully saturated rings. The first kappa shape index (κ1) is 37.3. The molecule has 0 saturated carbocycles. The van der Waals surface area contributed by atoms with Gasteiger partial charge in [0.1, 0.15) is 18.4 Å². The zero-order valence-corrected chi connectivity index (χ0v) is 30.8. The molecule has 1 unspecified atom stereocenters. The van der Waals surface area contributed by atoms with Crippen molar-refractivity contribution in [3.8, 4) is 34.6 Å². The third-order valence-corrected chi connectivity index (χ3v) is 9.77. The average molecular weight is 742 g/mol. The number of aromatic nitrogens is 3. The molecule has 1 atom stereocenters. The Labute approximate surface area is 319 Å². The molecule has 0 radical (unpaired) electrons. The summed E-state index contributed by atoms with van der Waals surface area (Å²) < 4.78 is 25.1. The van der Waals surface area contributed by atoms with Crippen LogP contribution in [0.2, 0.25) is 0 Å². The molecule has 0 spiro atoms. The predicted molar refractivity (Wildman–Crippen MR) is 208 cm³/mol. The minimum absolute atomic E-state index is 0.232. The number of benzene rings is 2. The summed E-state index contributed by atoms with van der Waals surface area (Å²) in [5, 5.41) is 4.96. The van der Waals surface area contributed by atoms with E-state index in [-0.39, 0.29) is 23.6 Å². The molecule has 1 saturated heterocycles. The van der Waals surface area contributed by atoms with Crippen LogP contribution in [0, 0.1) is 11.8 Å². The molecule has 2 aromatic carbocycles. The van der Waals surface area contributed by atoms with Gasteiger partial charge in [-0.2, -0.15) is 0 Å². The van der Waals surface area contributed by atoms with E-state index in [9.17, 15) is 14.4 Å². The van der Waals surface area contributed by atoms with Gasteiger partial charge in [0.25, 0.3) is 11.8 Å². The zero-order valence-electron chi connectivity index (χ0n) is 30.8. The SMILES string of the molecule is C=C1CCC(N2C(=O)c3ccc(OCCCCOCCCCOCC#CCOc4ccc(-c5ccc6c7cnccc7n(C)c6c5)cn4)cc3C2=O)C(=O)N1. The number of nitrogens with one attached hydrogen (secondary N) is 1. The van der Waals surface area contributed by atoms with Crippen LogP contribution in [0.4, 0.5) is 0 Å². The first-order valence-corrected chi connectivity index (χ1v) is 18.5. The normalized spacial score (nSPS) is 15.3. The van der Waals surface area contributed by atoms with Crippen molar-refractivity contribution in [1.82, 2.24) is 24.8 Å². The number of amides is 3. The number of aryl methyl sites for hydroxylation is 1. The Hall–Kier alpha value is -6.03. The first-order chi connectivity index (χ1) is 26.9. The first-order valence-electron chi connectivity index (χ1n) is 18.5. The molecule has 0 aliphatic carbocycles. The summed E-state index contributed by atoms with van der Waals surface area (Å²) in [7, 11) is 2.07. The summed E-state index contributed by atoms with van der Waals surface area (Å²) in [4.78, 5) is 48.1. The Kier molecular flexibility index (Phi) is 11.8. The number of hydrogen-bond acceptors (Lipinski definition) is 9. The summed E-state index contributed by atoms with van der Waals surface area (Å²) >= 11 is 0. The standard InChI is InChI=1S/C43H43N5O7/c1-29-9-15-38(41(49)46-29)48-42(50)34-14-12-32(26-35(34)43(48)51)54-23-7-5-21-52-19-3-4-20-53-22-6-8-24-55-40-16-11-31(27-45-40)30-10-13-33-36-28-44-18-17-37(36)47(2)39(33)25-30/h10-14,16-18,25-28,38H,1,3-5,7,9,15,19-24H2,2H3,(H,46,49). The molecule has 3 aromatic heterocycles. The molecule has 7 rings (SSSR count). The monoisotopic (exact) mass is 741 g/mol. The molecular weight excluding hydrogens is 699 g/mol. The number of piperidine rings is 1. The average Bonchev–Trinajstić information content (AvgIpc) is 3.62. The second-order valence-electron chi connectivity index (χ2n) is 13.5. The number of allylic oxidation sites excluding steroid dienone is 1. The fourth-order valence-electron chi connectivity index (χ4n) is 6.83. The van der Waals surface area contributed by atoms with Crippen molar-refractivity contribution in [2.75, 3.05) is 39.6 Å². The van der Waals surface area contributed by atoms with Gasteiger partial charge in [-0.05, 0) is 80.5 Å². The highest BCUT2D eigenvalue weighted by Gasteiger charge is 2.44. The van der Waals surface area contributed by atoms with Crippen LogP contribution in [0.3, 0.4) is 0 Å². The maximum Gasteiger partial charge on any atom is 0.262 e. The molecule has 55 heavy (non-hydrogen) atoms.